The molecule has 2 N–H and O–H groups in total. The van der Waals surface area contributed by atoms with Crippen molar-refractivity contribution in [1.82, 2.24) is 0 Å². The van der Waals surface area contributed by atoms with E-state index < -0.39 is 11.7 Å². The van der Waals surface area contributed by atoms with Crippen LogP contribution >= 0.6 is 31.4 Å². The van der Waals surface area contributed by atoms with Crippen LogP contribution in [0, 0.1) is 23.7 Å². The fraction of sp³-hybridized carbons (Fsp3) is 0.227. The van der Waals surface area contributed by atoms with Crippen LogP contribution in [0.3, 0.4) is 0 Å². The van der Waals surface area contributed by atoms with Gasteiger partial charge in [0.25, 0.3) is 0 Å². The lowest BCUT2D eigenvalue weighted by Gasteiger charge is -2.31. The summed E-state index contributed by atoms with van der Waals surface area (Å²) in [5.74, 6) is 12.1. The quantitative estimate of drug-likeness (QED) is 0.411. The molecule has 2 bridgehead atoms. The molecule has 6 heteroatoms. The SMILES string of the molecule is O=C1C=C2/C(=C/CSSSCc3ccccc3)[C@@](O)(C#C/C=C/C#C[C@@H]2O)C1. The van der Waals surface area contributed by atoms with Crippen LogP contribution in [0.25, 0.3) is 0 Å². The van der Waals surface area contributed by atoms with Gasteiger partial charge in [0.1, 0.15) is 6.10 Å². The maximum atomic E-state index is 12.1. The molecule has 2 aliphatic rings. The molecule has 3 nitrogen and oxygen atoms in total. The van der Waals surface area contributed by atoms with Crippen molar-refractivity contribution in [3.8, 4) is 23.7 Å². The number of allylic oxidation sites excluding steroid dienone is 3. The van der Waals surface area contributed by atoms with Gasteiger partial charge in [0.15, 0.2) is 11.4 Å². The number of ketones is 1. The zero-order valence-electron chi connectivity index (χ0n) is 14.9. The highest BCUT2D eigenvalue weighted by atomic mass is 33.5. The highest BCUT2D eigenvalue weighted by Crippen LogP contribution is 2.39. The third-order valence-corrected chi connectivity index (χ3v) is 8.08. The van der Waals surface area contributed by atoms with Gasteiger partial charge in [-0.05, 0) is 33.6 Å². The molecule has 3 rings (SSSR count). The first-order valence-electron chi connectivity index (χ1n) is 8.58. The van der Waals surface area contributed by atoms with Gasteiger partial charge in [-0.25, -0.2) is 0 Å². The summed E-state index contributed by atoms with van der Waals surface area (Å²) in [7, 11) is 5.03. The summed E-state index contributed by atoms with van der Waals surface area (Å²) in [6.07, 6.45) is 4.97. The average Bonchev–Trinajstić information content (AvgIpc) is 2.68. The lowest BCUT2D eigenvalue weighted by atomic mass is 9.77. The van der Waals surface area contributed by atoms with Crippen LogP contribution < -0.4 is 0 Å². The Labute approximate surface area is 176 Å². The minimum atomic E-state index is -1.60. The molecule has 0 amide bonds. The van der Waals surface area contributed by atoms with E-state index in [1.54, 1.807) is 31.4 Å². The van der Waals surface area contributed by atoms with Crippen molar-refractivity contribution in [1.29, 1.82) is 0 Å². The van der Waals surface area contributed by atoms with E-state index in [-0.39, 0.29) is 12.2 Å². The third-order valence-electron chi connectivity index (χ3n) is 4.07. The van der Waals surface area contributed by atoms with Crippen molar-refractivity contribution in [2.24, 2.45) is 0 Å². The zero-order chi connectivity index (χ0) is 19.8. The Hall–Kier alpha value is -1.80. The normalized spacial score (nSPS) is 25.8. The van der Waals surface area contributed by atoms with Crippen molar-refractivity contribution >= 4 is 37.2 Å². The lowest BCUT2D eigenvalue weighted by molar-refractivity contribution is -0.117. The third kappa shape index (κ3) is 5.61. The molecular weight excluding hydrogens is 408 g/mol. The first kappa shape index (κ1) is 20.9. The van der Waals surface area contributed by atoms with Crippen molar-refractivity contribution < 1.29 is 15.0 Å². The standard InChI is InChI=1S/C22H18O3S3/c23-18-14-19-20(11-13-26-28-27-16-17-8-4-3-5-9-17)22(25,15-18)12-7-2-1-6-10-21(19)24/h1-5,8-9,11,14,21,24-25H,13,15-16H2/b2-1+,20-11-/t21-,22+/m0/s1. The number of rotatable bonds is 6. The van der Waals surface area contributed by atoms with Gasteiger partial charge in [-0.2, -0.15) is 0 Å². The van der Waals surface area contributed by atoms with Gasteiger partial charge in [-0.15, -0.1) is 0 Å². The van der Waals surface area contributed by atoms with Gasteiger partial charge < -0.3 is 10.2 Å². The predicted molar refractivity (Wildman–Crippen MR) is 119 cm³/mol. The molecule has 0 heterocycles. The van der Waals surface area contributed by atoms with Crippen molar-refractivity contribution in [2.45, 2.75) is 23.9 Å². The topological polar surface area (TPSA) is 57.5 Å². The fourth-order valence-electron chi connectivity index (χ4n) is 2.81. The Morgan fingerprint density at radius 1 is 1.18 bits per heavy atom. The van der Waals surface area contributed by atoms with Gasteiger partial charge in [-0.1, -0.05) is 81.7 Å². The summed E-state index contributed by atoms with van der Waals surface area (Å²) >= 11 is 0. The molecule has 0 saturated heterocycles. The molecule has 2 atom stereocenters. The molecule has 0 aromatic heterocycles. The number of carbonyl (C=O) groups excluding carboxylic acids is 1. The minimum absolute atomic E-state index is 0.121. The van der Waals surface area contributed by atoms with E-state index in [9.17, 15) is 15.0 Å². The summed E-state index contributed by atoms with van der Waals surface area (Å²) in [6.45, 7) is 0. The molecule has 0 aliphatic heterocycles. The van der Waals surface area contributed by atoms with E-state index in [0.717, 1.165) is 5.75 Å². The molecule has 0 spiro atoms. The Kier molecular flexibility index (Phi) is 7.56. The molecule has 0 fully saturated rings. The molecular formula is C22H18O3S3. The molecule has 0 radical (unpaired) electrons. The Morgan fingerprint density at radius 3 is 2.79 bits per heavy atom. The molecule has 2 aliphatic carbocycles. The van der Waals surface area contributed by atoms with Crippen LogP contribution in [-0.2, 0) is 10.5 Å². The summed E-state index contributed by atoms with van der Waals surface area (Å²) < 4.78 is 0. The predicted octanol–water partition coefficient (Wildman–Crippen LogP) is 3.71. The first-order chi connectivity index (χ1) is 13.6. The zero-order valence-corrected chi connectivity index (χ0v) is 17.4. The van der Waals surface area contributed by atoms with Crippen molar-refractivity contribution in [3.63, 3.8) is 0 Å². The molecule has 1 aromatic rings. The highest BCUT2D eigenvalue weighted by molar-refractivity contribution is 9.09. The number of hydrogen-bond acceptors (Lipinski definition) is 6. The van der Waals surface area contributed by atoms with Crippen LogP contribution in [-0.4, -0.2) is 33.5 Å². The number of benzene rings is 1. The monoisotopic (exact) mass is 426 g/mol. The second kappa shape index (κ2) is 10.1. The molecule has 142 valence electrons. The van der Waals surface area contributed by atoms with Gasteiger partial charge >= 0.3 is 0 Å². The van der Waals surface area contributed by atoms with Gasteiger partial charge in [0.2, 0.25) is 0 Å². The maximum absolute atomic E-state index is 12.1. The Bertz CT molecular complexity index is 942. The van der Waals surface area contributed by atoms with E-state index in [1.807, 2.05) is 24.3 Å². The van der Waals surface area contributed by atoms with E-state index in [4.69, 9.17) is 0 Å². The van der Waals surface area contributed by atoms with Crippen LogP contribution in [0.5, 0.6) is 0 Å². The largest absolute Gasteiger partial charge is 0.376 e. The summed E-state index contributed by atoms with van der Waals surface area (Å²) in [5, 5.41) is 21.4. The second-order valence-electron chi connectivity index (χ2n) is 6.12. The van der Waals surface area contributed by atoms with E-state index in [1.165, 1.54) is 23.8 Å². The van der Waals surface area contributed by atoms with Gasteiger partial charge in [-0.3, -0.25) is 4.79 Å². The number of aliphatic hydroxyl groups is 2. The number of aliphatic hydroxyl groups excluding tert-OH is 1. The molecule has 1 aromatic carbocycles. The smallest absolute Gasteiger partial charge is 0.160 e. The molecule has 0 saturated carbocycles. The summed E-state index contributed by atoms with van der Waals surface area (Å²) in [6, 6.07) is 10.2. The number of fused-ring (bicyclic) bond motifs is 2. The van der Waals surface area contributed by atoms with Crippen LogP contribution in [0.4, 0.5) is 0 Å². The van der Waals surface area contributed by atoms with Crippen molar-refractivity contribution in [3.05, 3.63) is 71.3 Å². The maximum Gasteiger partial charge on any atom is 0.160 e. The van der Waals surface area contributed by atoms with E-state index in [0.29, 0.717) is 16.9 Å². The second-order valence-corrected chi connectivity index (χ2v) is 10.4. The highest BCUT2D eigenvalue weighted by Gasteiger charge is 2.39. The average molecular weight is 427 g/mol. The number of hydrogen-bond donors (Lipinski definition) is 2. The number of carbonyl (C=O) groups is 1. The van der Waals surface area contributed by atoms with E-state index in [2.05, 4.69) is 35.8 Å². The lowest BCUT2D eigenvalue weighted by Crippen LogP contribution is -2.38. The summed E-state index contributed by atoms with van der Waals surface area (Å²) in [4.78, 5) is 12.1. The van der Waals surface area contributed by atoms with E-state index >= 15 is 0 Å². The van der Waals surface area contributed by atoms with Crippen molar-refractivity contribution in [2.75, 3.05) is 5.75 Å². The first-order valence-corrected chi connectivity index (χ1v) is 12.4. The van der Waals surface area contributed by atoms with Gasteiger partial charge in [0.05, 0.1) is 6.42 Å². The summed E-state index contributed by atoms with van der Waals surface area (Å²) in [5.41, 5.74) is 0.466. The van der Waals surface area contributed by atoms with Crippen LogP contribution in [0.2, 0.25) is 0 Å². The van der Waals surface area contributed by atoms with Crippen LogP contribution in [0.15, 0.2) is 65.8 Å². The van der Waals surface area contributed by atoms with Gasteiger partial charge in [0, 0.05) is 22.7 Å². The Balaban J connectivity index is 1.69. The Morgan fingerprint density at radius 2 is 1.96 bits per heavy atom. The fourth-order valence-corrected chi connectivity index (χ4v) is 6.22. The molecule has 0 unspecified atom stereocenters. The minimum Gasteiger partial charge on any atom is -0.376 e. The van der Waals surface area contributed by atoms with Crippen LogP contribution in [0.1, 0.15) is 12.0 Å². The molecule has 28 heavy (non-hydrogen) atoms.